The molecule has 3 heteroatoms. The van der Waals surface area contributed by atoms with Crippen LogP contribution in [0.1, 0.15) is 59.8 Å². The fraction of sp³-hybridized carbons (Fsp3) is 0.933. The van der Waals surface area contributed by atoms with Gasteiger partial charge in [0.25, 0.3) is 0 Å². The van der Waals surface area contributed by atoms with Crippen molar-refractivity contribution in [3.05, 3.63) is 0 Å². The molecule has 1 aliphatic carbocycles. The highest BCUT2D eigenvalue weighted by molar-refractivity contribution is 5.74. The standard InChI is InChI=1S/C15H30N2O/c1-5-17(11-14-9-10-14)15(18)16-13(4)8-6-7-12(2)3/h12-14H,5-11H2,1-4H3,(H,16,18). The molecular weight excluding hydrogens is 224 g/mol. The molecule has 18 heavy (non-hydrogen) atoms. The Balaban J connectivity index is 2.19. The largest absolute Gasteiger partial charge is 0.336 e. The van der Waals surface area contributed by atoms with Gasteiger partial charge < -0.3 is 10.2 Å². The highest BCUT2D eigenvalue weighted by Gasteiger charge is 2.26. The summed E-state index contributed by atoms with van der Waals surface area (Å²) in [6.45, 7) is 10.4. The number of rotatable bonds is 8. The molecule has 2 amide bonds. The van der Waals surface area contributed by atoms with Gasteiger partial charge in [0.05, 0.1) is 0 Å². The lowest BCUT2D eigenvalue weighted by Gasteiger charge is -2.24. The molecule has 1 saturated carbocycles. The second-order valence-corrected chi connectivity index (χ2v) is 6.16. The summed E-state index contributed by atoms with van der Waals surface area (Å²) < 4.78 is 0. The van der Waals surface area contributed by atoms with Gasteiger partial charge in [0.2, 0.25) is 0 Å². The smallest absolute Gasteiger partial charge is 0.317 e. The van der Waals surface area contributed by atoms with E-state index in [0.717, 1.165) is 31.3 Å². The molecular formula is C15H30N2O. The monoisotopic (exact) mass is 254 g/mol. The van der Waals surface area contributed by atoms with Crippen LogP contribution in [0.2, 0.25) is 0 Å². The van der Waals surface area contributed by atoms with Crippen molar-refractivity contribution in [2.45, 2.75) is 65.8 Å². The number of carbonyl (C=O) groups is 1. The van der Waals surface area contributed by atoms with Crippen LogP contribution in [0.5, 0.6) is 0 Å². The maximum absolute atomic E-state index is 12.1. The maximum atomic E-state index is 12.1. The first-order valence-corrected chi connectivity index (χ1v) is 7.58. The third-order valence-electron chi connectivity index (χ3n) is 3.63. The van der Waals surface area contributed by atoms with Gasteiger partial charge >= 0.3 is 6.03 Å². The van der Waals surface area contributed by atoms with Crippen LogP contribution < -0.4 is 5.32 Å². The first-order valence-electron chi connectivity index (χ1n) is 7.58. The number of nitrogens with one attached hydrogen (secondary N) is 1. The molecule has 3 nitrogen and oxygen atoms in total. The fourth-order valence-corrected chi connectivity index (χ4v) is 2.17. The summed E-state index contributed by atoms with van der Waals surface area (Å²) in [5, 5.41) is 3.12. The van der Waals surface area contributed by atoms with Gasteiger partial charge in [-0.05, 0) is 44.9 Å². The second-order valence-electron chi connectivity index (χ2n) is 6.16. The molecule has 0 bridgehead atoms. The Hall–Kier alpha value is -0.730. The minimum atomic E-state index is 0.126. The van der Waals surface area contributed by atoms with Crippen LogP contribution in [0.4, 0.5) is 4.79 Å². The quantitative estimate of drug-likeness (QED) is 0.704. The number of carbonyl (C=O) groups excluding carboxylic acids is 1. The summed E-state index contributed by atoms with van der Waals surface area (Å²) in [5.74, 6) is 1.53. The van der Waals surface area contributed by atoms with E-state index in [9.17, 15) is 4.79 Å². The summed E-state index contributed by atoms with van der Waals surface area (Å²) in [6.07, 6.45) is 6.14. The average Bonchev–Trinajstić information content (AvgIpc) is 3.08. The van der Waals surface area contributed by atoms with Gasteiger partial charge in [-0.15, -0.1) is 0 Å². The van der Waals surface area contributed by atoms with E-state index in [1.165, 1.54) is 25.7 Å². The molecule has 1 rings (SSSR count). The molecule has 0 aromatic carbocycles. The molecule has 1 N–H and O–H groups in total. The average molecular weight is 254 g/mol. The van der Waals surface area contributed by atoms with E-state index < -0.39 is 0 Å². The Bertz CT molecular complexity index is 249. The molecule has 0 aromatic rings. The van der Waals surface area contributed by atoms with Gasteiger partial charge in [-0.1, -0.05) is 26.7 Å². The third kappa shape index (κ3) is 6.27. The number of nitrogens with zero attached hydrogens (tertiary/aromatic N) is 1. The number of hydrogen-bond acceptors (Lipinski definition) is 1. The summed E-state index contributed by atoms with van der Waals surface area (Å²) in [4.78, 5) is 14.0. The lowest BCUT2D eigenvalue weighted by atomic mass is 10.0. The predicted molar refractivity (Wildman–Crippen MR) is 76.7 cm³/mol. The van der Waals surface area contributed by atoms with E-state index in [0.29, 0.717) is 6.04 Å². The normalized spacial score (nSPS) is 16.7. The van der Waals surface area contributed by atoms with E-state index in [2.05, 4.69) is 33.0 Å². The van der Waals surface area contributed by atoms with Gasteiger partial charge in [-0.3, -0.25) is 0 Å². The number of amides is 2. The minimum Gasteiger partial charge on any atom is -0.336 e. The van der Waals surface area contributed by atoms with Crippen molar-refractivity contribution in [3.63, 3.8) is 0 Å². The zero-order chi connectivity index (χ0) is 13.5. The number of hydrogen-bond donors (Lipinski definition) is 1. The second kappa shape index (κ2) is 7.65. The van der Waals surface area contributed by atoms with E-state index in [1.54, 1.807) is 0 Å². The van der Waals surface area contributed by atoms with Crippen molar-refractivity contribution in [3.8, 4) is 0 Å². The van der Waals surface area contributed by atoms with Crippen molar-refractivity contribution < 1.29 is 4.79 Å². The third-order valence-corrected chi connectivity index (χ3v) is 3.63. The van der Waals surface area contributed by atoms with E-state index >= 15 is 0 Å². The zero-order valence-corrected chi connectivity index (χ0v) is 12.5. The molecule has 1 fully saturated rings. The van der Waals surface area contributed by atoms with Crippen LogP contribution >= 0.6 is 0 Å². The molecule has 0 saturated heterocycles. The Kier molecular flexibility index (Phi) is 6.51. The van der Waals surface area contributed by atoms with Crippen LogP contribution in [-0.2, 0) is 0 Å². The van der Waals surface area contributed by atoms with Crippen molar-refractivity contribution in [2.75, 3.05) is 13.1 Å². The predicted octanol–water partition coefficient (Wildman–Crippen LogP) is 3.64. The van der Waals surface area contributed by atoms with Gasteiger partial charge in [0.1, 0.15) is 0 Å². The van der Waals surface area contributed by atoms with Gasteiger partial charge in [-0.25, -0.2) is 4.79 Å². The zero-order valence-electron chi connectivity index (χ0n) is 12.5. The van der Waals surface area contributed by atoms with Crippen LogP contribution in [0.25, 0.3) is 0 Å². The molecule has 0 spiro atoms. The first kappa shape index (κ1) is 15.3. The molecule has 1 unspecified atom stereocenters. The van der Waals surface area contributed by atoms with E-state index in [4.69, 9.17) is 0 Å². The molecule has 0 aromatic heterocycles. The summed E-state index contributed by atoms with van der Waals surface area (Å²) in [6, 6.07) is 0.422. The highest BCUT2D eigenvalue weighted by atomic mass is 16.2. The van der Waals surface area contributed by atoms with Gasteiger partial charge in [-0.2, -0.15) is 0 Å². The SMILES string of the molecule is CCN(CC1CC1)C(=O)NC(C)CCCC(C)C. The Morgan fingerprint density at radius 1 is 1.28 bits per heavy atom. The van der Waals surface area contributed by atoms with Gasteiger partial charge in [0, 0.05) is 19.1 Å². The van der Waals surface area contributed by atoms with Crippen molar-refractivity contribution in [1.29, 1.82) is 0 Å². The lowest BCUT2D eigenvalue weighted by molar-refractivity contribution is 0.194. The van der Waals surface area contributed by atoms with E-state index in [1.807, 2.05) is 4.90 Å². The summed E-state index contributed by atoms with van der Waals surface area (Å²) in [7, 11) is 0. The molecule has 0 radical (unpaired) electrons. The van der Waals surface area contributed by atoms with Crippen molar-refractivity contribution >= 4 is 6.03 Å². The molecule has 0 aliphatic heterocycles. The molecule has 1 aliphatic rings. The van der Waals surface area contributed by atoms with Crippen molar-refractivity contribution in [2.24, 2.45) is 11.8 Å². The highest BCUT2D eigenvalue weighted by Crippen LogP contribution is 2.29. The Morgan fingerprint density at radius 3 is 2.44 bits per heavy atom. The minimum absolute atomic E-state index is 0.126. The topological polar surface area (TPSA) is 32.3 Å². The van der Waals surface area contributed by atoms with Crippen LogP contribution in [0.3, 0.4) is 0 Å². The van der Waals surface area contributed by atoms with Crippen molar-refractivity contribution in [1.82, 2.24) is 10.2 Å². The van der Waals surface area contributed by atoms with Crippen LogP contribution in [0, 0.1) is 11.8 Å². The summed E-state index contributed by atoms with van der Waals surface area (Å²) >= 11 is 0. The maximum Gasteiger partial charge on any atom is 0.317 e. The Labute approximate surface area is 112 Å². The summed E-state index contributed by atoms with van der Waals surface area (Å²) in [5.41, 5.74) is 0. The fourth-order valence-electron chi connectivity index (χ4n) is 2.17. The van der Waals surface area contributed by atoms with E-state index in [-0.39, 0.29) is 6.03 Å². The first-order chi connectivity index (χ1) is 8.52. The molecule has 0 heterocycles. The lowest BCUT2D eigenvalue weighted by Crippen LogP contribution is -2.44. The molecule has 1 atom stereocenters. The molecule has 106 valence electrons. The van der Waals surface area contributed by atoms with Crippen LogP contribution in [-0.4, -0.2) is 30.1 Å². The number of urea groups is 1. The Morgan fingerprint density at radius 2 is 1.94 bits per heavy atom. The van der Waals surface area contributed by atoms with Gasteiger partial charge in [0.15, 0.2) is 0 Å². The van der Waals surface area contributed by atoms with Crippen LogP contribution in [0.15, 0.2) is 0 Å².